The first-order valence-electron chi connectivity index (χ1n) is 15.0. The van der Waals surface area contributed by atoms with Crippen molar-refractivity contribution in [1.29, 1.82) is 0 Å². The number of thiophene rings is 1. The topological polar surface area (TPSA) is 43.9 Å². The zero-order valence-corrected chi connectivity index (χ0v) is 24.8. The van der Waals surface area contributed by atoms with Gasteiger partial charge < -0.3 is 8.98 Å². The maximum Gasteiger partial charge on any atom is 0.180 e. The molecule has 0 spiro atoms. The lowest BCUT2D eigenvalue weighted by molar-refractivity contribution is 0.667. The van der Waals surface area contributed by atoms with E-state index in [1.54, 1.807) is 0 Å². The van der Waals surface area contributed by atoms with Gasteiger partial charge >= 0.3 is 0 Å². The summed E-state index contributed by atoms with van der Waals surface area (Å²) < 4.78 is 11.4. The van der Waals surface area contributed by atoms with E-state index in [-0.39, 0.29) is 0 Å². The predicted octanol–water partition coefficient (Wildman–Crippen LogP) is 11.2. The molecule has 4 nitrogen and oxygen atoms in total. The van der Waals surface area contributed by atoms with Crippen LogP contribution in [0.2, 0.25) is 0 Å². The molecule has 0 saturated heterocycles. The summed E-state index contributed by atoms with van der Waals surface area (Å²) in [5.41, 5.74) is 8.47. The van der Waals surface area contributed by atoms with E-state index in [0.717, 1.165) is 44.5 Å². The molecule has 6 aromatic carbocycles. The van der Waals surface area contributed by atoms with Crippen molar-refractivity contribution in [3.8, 4) is 28.3 Å². The predicted molar refractivity (Wildman–Crippen MR) is 187 cm³/mol. The largest absolute Gasteiger partial charge is 0.452 e. The molecule has 5 heteroatoms. The van der Waals surface area contributed by atoms with Gasteiger partial charge in [0.05, 0.1) is 21.4 Å². The second-order valence-corrected chi connectivity index (χ2v) is 12.4. The van der Waals surface area contributed by atoms with Gasteiger partial charge in [-0.1, -0.05) is 103 Å². The van der Waals surface area contributed by atoms with Gasteiger partial charge in [-0.05, 0) is 36.4 Å². The van der Waals surface area contributed by atoms with E-state index in [4.69, 9.17) is 14.4 Å². The number of benzene rings is 6. The van der Waals surface area contributed by atoms with Crippen LogP contribution in [-0.4, -0.2) is 14.5 Å². The second kappa shape index (κ2) is 9.36. The van der Waals surface area contributed by atoms with Gasteiger partial charge in [0.25, 0.3) is 0 Å². The Morgan fingerprint density at radius 2 is 1.27 bits per heavy atom. The fourth-order valence-corrected chi connectivity index (χ4v) is 8.08. The highest BCUT2D eigenvalue weighted by atomic mass is 32.1. The Kier molecular flexibility index (Phi) is 5.12. The molecule has 0 bridgehead atoms. The van der Waals surface area contributed by atoms with Gasteiger partial charge in [0.15, 0.2) is 11.4 Å². The van der Waals surface area contributed by atoms with E-state index < -0.39 is 0 Å². The van der Waals surface area contributed by atoms with Crippen molar-refractivity contribution in [3.05, 3.63) is 140 Å². The maximum atomic E-state index is 6.39. The van der Waals surface area contributed by atoms with E-state index in [9.17, 15) is 0 Å². The van der Waals surface area contributed by atoms with Crippen molar-refractivity contribution in [2.45, 2.75) is 0 Å². The Labute approximate surface area is 261 Å². The van der Waals surface area contributed by atoms with Crippen LogP contribution in [0.25, 0.3) is 92.4 Å². The first-order chi connectivity index (χ1) is 22.3. The van der Waals surface area contributed by atoms with Crippen molar-refractivity contribution in [1.82, 2.24) is 14.5 Å². The van der Waals surface area contributed by atoms with Gasteiger partial charge in [-0.25, -0.2) is 9.97 Å². The number of furan rings is 1. The standard InChI is InChI=1S/C40H23N3OS/c1-2-12-24(13-3-1)35-38-36(30-17-6-10-20-33(30)44-38)42-40(41-35)29-16-5-9-19-32(29)43-31-18-8-4-14-25(31)27-22-23-28-26-15-7-11-21-34(26)45-39(28)37(27)43/h1-23H. The van der Waals surface area contributed by atoms with Crippen LogP contribution >= 0.6 is 11.3 Å². The van der Waals surface area contributed by atoms with Crippen molar-refractivity contribution >= 4 is 75.4 Å². The lowest BCUT2D eigenvalue weighted by Gasteiger charge is -2.14. The van der Waals surface area contributed by atoms with Crippen LogP contribution in [0.15, 0.2) is 144 Å². The molecule has 10 aromatic rings. The Morgan fingerprint density at radius 3 is 2.18 bits per heavy atom. The molecule has 0 saturated carbocycles. The number of nitrogens with zero attached hydrogens (tertiary/aromatic N) is 3. The average molecular weight is 594 g/mol. The summed E-state index contributed by atoms with van der Waals surface area (Å²) >= 11 is 1.86. The minimum absolute atomic E-state index is 0.665. The molecule has 10 rings (SSSR count). The maximum absolute atomic E-state index is 6.39. The molecule has 0 fully saturated rings. The number of fused-ring (bicyclic) bond motifs is 10. The molecule has 0 aliphatic heterocycles. The highest BCUT2D eigenvalue weighted by Gasteiger charge is 2.22. The molecule has 0 N–H and O–H groups in total. The molecule has 0 aliphatic carbocycles. The summed E-state index contributed by atoms with van der Waals surface area (Å²) in [5.74, 6) is 0.665. The summed E-state index contributed by atoms with van der Waals surface area (Å²) in [7, 11) is 0. The molecule has 4 heterocycles. The fraction of sp³-hybridized carbons (Fsp3) is 0. The zero-order chi connectivity index (χ0) is 29.5. The van der Waals surface area contributed by atoms with Crippen LogP contribution in [0, 0.1) is 0 Å². The first kappa shape index (κ1) is 24.6. The highest BCUT2D eigenvalue weighted by molar-refractivity contribution is 7.26. The lowest BCUT2D eigenvalue weighted by atomic mass is 10.1. The van der Waals surface area contributed by atoms with Crippen LogP contribution in [0.3, 0.4) is 0 Å². The molecule has 0 aliphatic rings. The molecule has 0 unspecified atom stereocenters. The summed E-state index contributed by atoms with van der Waals surface area (Å²) in [4.78, 5) is 10.5. The minimum atomic E-state index is 0.665. The zero-order valence-electron chi connectivity index (χ0n) is 23.9. The van der Waals surface area contributed by atoms with E-state index in [0.29, 0.717) is 11.4 Å². The van der Waals surface area contributed by atoms with E-state index in [2.05, 4.69) is 108 Å². The number of aromatic nitrogens is 3. The Hall–Kier alpha value is -5.78. The van der Waals surface area contributed by atoms with Gasteiger partial charge in [0.1, 0.15) is 16.8 Å². The van der Waals surface area contributed by atoms with Gasteiger partial charge in [-0.2, -0.15) is 0 Å². The first-order valence-corrected chi connectivity index (χ1v) is 15.8. The highest BCUT2D eigenvalue weighted by Crippen LogP contribution is 2.44. The average Bonchev–Trinajstić information content (AvgIpc) is 3.78. The van der Waals surface area contributed by atoms with Crippen LogP contribution in [0.4, 0.5) is 0 Å². The van der Waals surface area contributed by atoms with Crippen molar-refractivity contribution < 1.29 is 4.42 Å². The third-order valence-electron chi connectivity index (χ3n) is 8.83. The van der Waals surface area contributed by atoms with Gasteiger partial charge in [-0.15, -0.1) is 11.3 Å². The molecule has 0 atom stereocenters. The monoisotopic (exact) mass is 593 g/mol. The van der Waals surface area contributed by atoms with Crippen LogP contribution in [-0.2, 0) is 0 Å². The normalized spacial score (nSPS) is 12.0. The third-order valence-corrected chi connectivity index (χ3v) is 10.0. The molecule has 45 heavy (non-hydrogen) atoms. The van der Waals surface area contributed by atoms with Crippen molar-refractivity contribution in [2.75, 3.05) is 0 Å². The fourth-order valence-electron chi connectivity index (χ4n) is 6.84. The van der Waals surface area contributed by atoms with Crippen LogP contribution in [0.5, 0.6) is 0 Å². The number of hydrogen-bond acceptors (Lipinski definition) is 4. The lowest BCUT2D eigenvalue weighted by Crippen LogP contribution is -2.00. The number of hydrogen-bond donors (Lipinski definition) is 0. The molecule has 0 radical (unpaired) electrons. The summed E-state index contributed by atoms with van der Waals surface area (Å²) in [6.07, 6.45) is 0. The van der Waals surface area contributed by atoms with Gasteiger partial charge in [0.2, 0.25) is 0 Å². The Bertz CT molecular complexity index is 2770. The quantitative estimate of drug-likeness (QED) is 0.205. The van der Waals surface area contributed by atoms with E-state index in [1.807, 2.05) is 47.7 Å². The third kappa shape index (κ3) is 3.53. The molecule has 0 amide bonds. The number of para-hydroxylation sites is 3. The summed E-state index contributed by atoms with van der Waals surface area (Å²) in [6, 6.07) is 48.8. The van der Waals surface area contributed by atoms with Crippen molar-refractivity contribution in [3.63, 3.8) is 0 Å². The Balaban J connectivity index is 1.33. The summed E-state index contributed by atoms with van der Waals surface area (Å²) in [5, 5.41) is 6.01. The molecular formula is C40H23N3OS. The van der Waals surface area contributed by atoms with E-state index in [1.165, 1.54) is 36.5 Å². The van der Waals surface area contributed by atoms with Crippen LogP contribution in [0.1, 0.15) is 0 Å². The van der Waals surface area contributed by atoms with E-state index >= 15 is 0 Å². The Morgan fingerprint density at radius 1 is 0.556 bits per heavy atom. The summed E-state index contributed by atoms with van der Waals surface area (Å²) in [6.45, 7) is 0. The van der Waals surface area contributed by atoms with Crippen LogP contribution < -0.4 is 0 Å². The SMILES string of the molecule is c1ccc(-c2nc(-c3ccccc3-n3c4ccccc4c4ccc5c6ccccc6sc5c43)nc3c2oc2ccccc23)cc1. The van der Waals surface area contributed by atoms with Gasteiger partial charge in [-0.3, -0.25) is 0 Å². The van der Waals surface area contributed by atoms with Crippen molar-refractivity contribution in [2.24, 2.45) is 0 Å². The molecule has 210 valence electrons. The molecular weight excluding hydrogens is 571 g/mol. The minimum Gasteiger partial charge on any atom is -0.452 e. The molecule has 4 aromatic heterocycles. The second-order valence-electron chi connectivity index (χ2n) is 11.3. The smallest absolute Gasteiger partial charge is 0.180 e. The van der Waals surface area contributed by atoms with Gasteiger partial charge in [0, 0.05) is 42.8 Å². The number of rotatable bonds is 3.